The Hall–Kier alpha value is -2.75. The van der Waals surface area contributed by atoms with Gasteiger partial charge < -0.3 is 15.2 Å². The van der Waals surface area contributed by atoms with Gasteiger partial charge in [0.05, 0.1) is 14.2 Å². The molecule has 4 heteroatoms. The normalized spacial score (nSPS) is 10.6. The molecular weight excluding hydrogens is 266 g/mol. The number of para-hydroxylation sites is 1. The first-order valence-corrected chi connectivity index (χ1v) is 6.44. The largest absolute Gasteiger partial charge is 0.493 e. The van der Waals surface area contributed by atoms with Gasteiger partial charge in [-0.1, -0.05) is 18.2 Å². The number of hydrogen-bond acceptors (Lipinski definition) is 4. The average Bonchev–Trinajstić information content (AvgIpc) is 2.53. The van der Waals surface area contributed by atoms with Gasteiger partial charge in [-0.25, -0.2) is 0 Å². The van der Waals surface area contributed by atoms with E-state index in [1.807, 2.05) is 18.2 Å². The number of nitrogen functional groups attached to an aromatic ring is 1. The first-order chi connectivity index (χ1) is 10.2. The molecular formula is C17H17NO3. The Kier molecular flexibility index (Phi) is 4.61. The van der Waals surface area contributed by atoms with Gasteiger partial charge in [0.2, 0.25) is 0 Å². The fraction of sp³-hybridized carbons (Fsp3) is 0.118. The fourth-order valence-corrected chi connectivity index (χ4v) is 1.91. The highest BCUT2D eigenvalue weighted by Gasteiger charge is 2.08. The fourth-order valence-electron chi connectivity index (χ4n) is 1.91. The molecule has 0 amide bonds. The molecule has 0 radical (unpaired) electrons. The summed E-state index contributed by atoms with van der Waals surface area (Å²) in [5.74, 6) is 0.987. The third-order valence-corrected chi connectivity index (χ3v) is 3.08. The van der Waals surface area contributed by atoms with Gasteiger partial charge in [0, 0.05) is 11.3 Å². The molecule has 2 aromatic carbocycles. The number of carbonyl (C=O) groups is 1. The second-order valence-corrected chi connectivity index (χ2v) is 4.40. The molecule has 2 aromatic rings. The summed E-state index contributed by atoms with van der Waals surface area (Å²) in [6, 6.07) is 12.4. The molecule has 21 heavy (non-hydrogen) atoms. The first-order valence-electron chi connectivity index (χ1n) is 6.44. The summed E-state index contributed by atoms with van der Waals surface area (Å²) in [5, 5.41) is 0. The topological polar surface area (TPSA) is 61.5 Å². The number of hydrogen-bond donors (Lipinski definition) is 1. The third kappa shape index (κ3) is 3.42. The first kappa shape index (κ1) is 14.7. The second-order valence-electron chi connectivity index (χ2n) is 4.40. The van der Waals surface area contributed by atoms with Crippen molar-refractivity contribution in [3.8, 4) is 11.5 Å². The van der Waals surface area contributed by atoms with E-state index in [9.17, 15) is 4.79 Å². The lowest BCUT2D eigenvalue weighted by Gasteiger charge is -2.08. The number of ether oxygens (including phenoxy) is 2. The van der Waals surface area contributed by atoms with Gasteiger partial charge in [-0.2, -0.15) is 0 Å². The minimum Gasteiger partial charge on any atom is -0.493 e. The minimum atomic E-state index is -0.126. The Balaban J connectivity index is 2.23. The summed E-state index contributed by atoms with van der Waals surface area (Å²) in [4.78, 5) is 12.2. The summed E-state index contributed by atoms with van der Waals surface area (Å²) in [6.07, 6.45) is 3.20. The monoisotopic (exact) mass is 283 g/mol. The number of allylic oxidation sites excluding steroid dienone is 1. The molecule has 2 N–H and O–H groups in total. The number of ketones is 1. The van der Waals surface area contributed by atoms with E-state index in [-0.39, 0.29) is 5.78 Å². The molecule has 0 saturated heterocycles. The summed E-state index contributed by atoms with van der Waals surface area (Å²) in [6.45, 7) is 0. The van der Waals surface area contributed by atoms with Gasteiger partial charge in [0.25, 0.3) is 0 Å². The van der Waals surface area contributed by atoms with Gasteiger partial charge in [-0.3, -0.25) is 4.79 Å². The summed E-state index contributed by atoms with van der Waals surface area (Å²) >= 11 is 0. The van der Waals surface area contributed by atoms with Crippen molar-refractivity contribution < 1.29 is 14.3 Å². The van der Waals surface area contributed by atoms with Crippen molar-refractivity contribution in [1.82, 2.24) is 0 Å². The van der Waals surface area contributed by atoms with Crippen LogP contribution in [0.25, 0.3) is 6.08 Å². The van der Waals surface area contributed by atoms with Crippen molar-refractivity contribution in [2.24, 2.45) is 0 Å². The highest BCUT2D eigenvalue weighted by Crippen LogP contribution is 2.27. The molecule has 0 bridgehead atoms. The van der Waals surface area contributed by atoms with Gasteiger partial charge >= 0.3 is 0 Å². The molecule has 108 valence electrons. The maximum absolute atomic E-state index is 12.2. The molecule has 0 fully saturated rings. The van der Waals surface area contributed by atoms with Crippen LogP contribution >= 0.6 is 0 Å². The Morgan fingerprint density at radius 1 is 1.05 bits per heavy atom. The molecule has 0 saturated carbocycles. The lowest BCUT2D eigenvalue weighted by Crippen LogP contribution is -1.97. The zero-order valence-corrected chi connectivity index (χ0v) is 12.0. The average molecular weight is 283 g/mol. The maximum Gasteiger partial charge on any atom is 0.185 e. The third-order valence-electron chi connectivity index (χ3n) is 3.08. The van der Waals surface area contributed by atoms with Gasteiger partial charge in [0.1, 0.15) is 0 Å². The molecule has 2 rings (SSSR count). The van der Waals surface area contributed by atoms with E-state index in [0.717, 1.165) is 5.56 Å². The van der Waals surface area contributed by atoms with E-state index in [0.29, 0.717) is 22.7 Å². The lowest BCUT2D eigenvalue weighted by atomic mass is 10.1. The van der Waals surface area contributed by atoms with Crippen LogP contribution in [0, 0.1) is 0 Å². The molecule has 0 aromatic heterocycles. The Morgan fingerprint density at radius 3 is 2.43 bits per heavy atom. The zero-order chi connectivity index (χ0) is 15.2. The highest BCUT2D eigenvalue weighted by atomic mass is 16.5. The van der Waals surface area contributed by atoms with Crippen LogP contribution in [0.1, 0.15) is 15.9 Å². The predicted octanol–water partition coefficient (Wildman–Crippen LogP) is 3.18. The van der Waals surface area contributed by atoms with Crippen molar-refractivity contribution in [2.45, 2.75) is 0 Å². The number of carbonyl (C=O) groups excluding carboxylic acids is 1. The van der Waals surface area contributed by atoms with Gasteiger partial charge in [-0.05, 0) is 42.0 Å². The number of nitrogens with two attached hydrogens (primary N) is 1. The standard InChI is InChI=1S/C17H17NO3/c1-20-16-10-8-13(11-17(16)21-2)15(19)9-7-12-5-3-4-6-14(12)18/h3-11H,18H2,1-2H3/b9-7+. The van der Waals surface area contributed by atoms with Crippen LogP contribution in [0.5, 0.6) is 11.5 Å². The number of anilines is 1. The Bertz CT molecular complexity index is 677. The maximum atomic E-state index is 12.2. The predicted molar refractivity (Wildman–Crippen MR) is 83.8 cm³/mol. The Labute approximate surface area is 123 Å². The summed E-state index contributed by atoms with van der Waals surface area (Å²) in [5.41, 5.74) is 7.80. The molecule has 0 unspecified atom stereocenters. The van der Waals surface area contributed by atoms with E-state index in [2.05, 4.69) is 0 Å². The summed E-state index contributed by atoms with van der Waals surface area (Å²) in [7, 11) is 3.09. The van der Waals surface area contributed by atoms with Crippen LogP contribution in [-0.4, -0.2) is 20.0 Å². The molecule has 4 nitrogen and oxygen atoms in total. The van der Waals surface area contributed by atoms with E-state index >= 15 is 0 Å². The van der Waals surface area contributed by atoms with E-state index in [1.165, 1.54) is 13.2 Å². The zero-order valence-electron chi connectivity index (χ0n) is 12.0. The molecule has 0 aliphatic rings. The van der Waals surface area contributed by atoms with Crippen LogP contribution in [0.2, 0.25) is 0 Å². The van der Waals surface area contributed by atoms with E-state index in [1.54, 1.807) is 37.5 Å². The van der Waals surface area contributed by atoms with Crippen LogP contribution in [-0.2, 0) is 0 Å². The van der Waals surface area contributed by atoms with Crippen molar-refractivity contribution in [2.75, 3.05) is 20.0 Å². The molecule has 0 heterocycles. The van der Waals surface area contributed by atoms with Gasteiger partial charge in [0.15, 0.2) is 17.3 Å². The van der Waals surface area contributed by atoms with Gasteiger partial charge in [-0.15, -0.1) is 0 Å². The quantitative estimate of drug-likeness (QED) is 0.520. The molecule has 0 spiro atoms. The Morgan fingerprint density at radius 2 is 1.76 bits per heavy atom. The van der Waals surface area contributed by atoms with Crippen molar-refractivity contribution >= 4 is 17.5 Å². The molecule has 0 aliphatic carbocycles. The van der Waals surface area contributed by atoms with Crippen LogP contribution in [0.4, 0.5) is 5.69 Å². The van der Waals surface area contributed by atoms with Crippen molar-refractivity contribution in [1.29, 1.82) is 0 Å². The summed E-state index contributed by atoms with van der Waals surface area (Å²) < 4.78 is 10.3. The smallest absolute Gasteiger partial charge is 0.185 e. The number of benzene rings is 2. The van der Waals surface area contributed by atoms with Crippen LogP contribution in [0.3, 0.4) is 0 Å². The SMILES string of the molecule is COc1ccc(C(=O)/C=C/c2ccccc2N)cc1OC. The number of methoxy groups -OCH3 is 2. The van der Waals surface area contributed by atoms with Crippen LogP contribution in [0.15, 0.2) is 48.5 Å². The lowest BCUT2D eigenvalue weighted by molar-refractivity contribution is 0.104. The van der Waals surface area contributed by atoms with E-state index < -0.39 is 0 Å². The second kappa shape index (κ2) is 6.61. The minimum absolute atomic E-state index is 0.126. The molecule has 0 aliphatic heterocycles. The van der Waals surface area contributed by atoms with Crippen molar-refractivity contribution in [3.63, 3.8) is 0 Å². The highest BCUT2D eigenvalue weighted by molar-refractivity contribution is 6.07. The molecule has 0 atom stereocenters. The van der Waals surface area contributed by atoms with Crippen molar-refractivity contribution in [3.05, 3.63) is 59.7 Å². The number of rotatable bonds is 5. The van der Waals surface area contributed by atoms with Crippen LogP contribution < -0.4 is 15.2 Å². The van der Waals surface area contributed by atoms with E-state index in [4.69, 9.17) is 15.2 Å².